The van der Waals surface area contributed by atoms with E-state index in [1.807, 2.05) is 91.0 Å². The van der Waals surface area contributed by atoms with Gasteiger partial charge in [-0.05, 0) is 22.8 Å². The molecule has 0 radical (unpaired) electrons. The Labute approximate surface area is 187 Å². The van der Waals surface area contributed by atoms with E-state index in [0.717, 1.165) is 16.7 Å². The molecular formula is C27H25NO4. The SMILES string of the molecule is C=CC(=O)CN1CC(COC(c2ccccc2)(c2ccccc2)c2ccccc2)OC1=O. The third kappa shape index (κ3) is 4.34. The van der Waals surface area contributed by atoms with Crippen LogP contribution in [0.1, 0.15) is 16.7 Å². The predicted molar refractivity (Wildman–Crippen MR) is 122 cm³/mol. The maximum Gasteiger partial charge on any atom is 0.410 e. The zero-order valence-corrected chi connectivity index (χ0v) is 17.7. The lowest BCUT2D eigenvalue weighted by atomic mass is 9.80. The van der Waals surface area contributed by atoms with Gasteiger partial charge in [0.15, 0.2) is 5.78 Å². The standard InChI is InChI=1S/C27H25NO4/c1-2-24(29)18-28-19-25(32-26(28)30)20-31-27(21-12-6-3-7-13-21,22-14-8-4-9-15-22)23-16-10-5-11-17-23/h2-17,25H,1,18-20H2. The van der Waals surface area contributed by atoms with Gasteiger partial charge in [0.2, 0.25) is 0 Å². The van der Waals surface area contributed by atoms with E-state index in [-0.39, 0.29) is 25.5 Å². The molecule has 1 atom stereocenters. The first kappa shape index (κ1) is 21.5. The van der Waals surface area contributed by atoms with Gasteiger partial charge in [0.25, 0.3) is 0 Å². The van der Waals surface area contributed by atoms with Crippen LogP contribution in [-0.4, -0.2) is 42.6 Å². The quantitative estimate of drug-likeness (QED) is 0.371. The van der Waals surface area contributed by atoms with Gasteiger partial charge in [0.1, 0.15) is 11.7 Å². The average molecular weight is 428 g/mol. The molecule has 5 nitrogen and oxygen atoms in total. The monoisotopic (exact) mass is 427 g/mol. The molecule has 1 unspecified atom stereocenters. The number of benzene rings is 3. The van der Waals surface area contributed by atoms with Crippen LogP contribution in [0.5, 0.6) is 0 Å². The lowest BCUT2D eigenvalue weighted by Crippen LogP contribution is -2.37. The van der Waals surface area contributed by atoms with E-state index in [9.17, 15) is 9.59 Å². The number of ether oxygens (including phenoxy) is 2. The smallest absolute Gasteiger partial charge is 0.410 e. The topological polar surface area (TPSA) is 55.8 Å². The van der Waals surface area contributed by atoms with Gasteiger partial charge in [-0.25, -0.2) is 4.79 Å². The number of carbonyl (C=O) groups is 2. The summed E-state index contributed by atoms with van der Waals surface area (Å²) in [6, 6.07) is 30.0. The van der Waals surface area contributed by atoms with Crippen molar-refractivity contribution in [1.29, 1.82) is 0 Å². The molecule has 0 N–H and O–H groups in total. The van der Waals surface area contributed by atoms with Crippen LogP contribution in [0.3, 0.4) is 0 Å². The van der Waals surface area contributed by atoms with Crippen LogP contribution < -0.4 is 0 Å². The first-order valence-electron chi connectivity index (χ1n) is 10.5. The van der Waals surface area contributed by atoms with Crippen LogP contribution in [0, 0.1) is 0 Å². The van der Waals surface area contributed by atoms with Gasteiger partial charge in [-0.2, -0.15) is 0 Å². The van der Waals surface area contributed by atoms with Crippen LogP contribution in [0.2, 0.25) is 0 Å². The van der Waals surface area contributed by atoms with Crippen molar-refractivity contribution in [3.05, 3.63) is 120 Å². The minimum absolute atomic E-state index is 0.0416. The fraction of sp³-hybridized carbons (Fsp3) is 0.185. The summed E-state index contributed by atoms with van der Waals surface area (Å²) in [4.78, 5) is 25.3. The van der Waals surface area contributed by atoms with Gasteiger partial charge in [0, 0.05) is 0 Å². The van der Waals surface area contributed by atoms with E-state index >= 15 is 0 Å². The second-order valence-electron chi connectivity index (χ2n) is 7.65. The van der Waals surface area contributed by atoms with E-state index in [4.69, 9.17) is 9.47 Å². The molecule has 0 spiro atoms. The third-order valence-electron chi connectivity index (χ3n) is 5.55. The van der Waals surface area contributed by atoms with Crippen LogP contribution in [0.25, 0.3) is 0 Å². The van der Waals surface area contributed by atoms with Gasteiger partial charge in [-0.15, -0.1) is 0 Å². The Bertz CT molecular complexity index is 970. The minimum atomic E-state index is -0.888. The molecule has 1 fully saturated rings. The molecule has 1 heterocycles. The van der Waals surface area contributed by atoms with Gasteiger partial charge in [-0.1, -0.05) is 97.6 Å². The summed E-state index contributed by atoms with van der Waals surface area (Å²) in [6.45, 7) is 3.88. The highest BCUT2D eigenvalue weighted by Crippen LogP contribution is 2.40. The summed E-state index contributed by atoms with van der Waals surface area (Å²) < 4.78 is 12.2. The van der Waals surface area contributed by atoms with Gasteiger partial charge in [0.05, 0.1) is 19.7 Å². The van der Waals surface area contributed by atoms with Crippen molar-refractivity contribution in [2.45, 2.75) is 11.7 Å². The number of hydrogen-bond donors (Lipinski definition) is 0. The molecule has 3 aromatic rings. The number of ketones is 1. The number of carbonyl (C=O) groups excluding carboxylic acids is 2. The molecule has 1 saturated heterocycles. The van der Waals surface area contributed by atoms with Crippen LogP contribution in [0.4, 0.5) is 4.79 Å². The highest BCUT2D eigenvalue weighted by molar-refractivity contribution is 5.92. The second kappa shape index (κ2) is 9.62. The summed E-state index contributed by atoms with van der Waals surface area (Å²) in [7, 11) is 0. The number of rotatable bonds is 9. The molecule has 0 bridgehead atoms. The van der Waals surface area contributed by atoms with E-state index in [1.165, 1.54) is 11.0 Å². The Kier molecular flexibility index (Phi) is 6.47. The molecule has 0 aromatic heterocycles. The number of cyclic esters (lactones) is 1. The zero-order chi connectivity index (χ0) is 22.4. The summed E-state index contributed by atoms with van der Waals surface area (Å²) in [5.41, 5.74) is 2.03. The third-order valence-corrected chi connectivity index (χ3v) is 5.55. The molecule has 1 amide bonds. The highest BCUT2D eigenvalue weighted by atomic mass is 16.6. The maximum absolute atomic E-state index is 12.2. The Hall–Kier alpha value is -3.70. The van der Waals surface area contributed by atoms with Crippen LogP contribution in [-0.2, 0) is 19.9 Å². The molecule has 1 aliphatic heterocycles. The van der Waals surface area contributed by atoms with E-state index in [1.54, 1.807) is 0 Å². The van der Waals surface area contributed by atoms with Crippen molar-refractivity contribution in [1.82, 2.24) is 4.90 Å². The van der Waals surface area contributed by atoms with Crippen molar-refractivity contribution >= 4 is 11.9 Å². The maximum atomic E-state index is 12.2. The Morgan fingerprint density at radius 2 is 1.41 bits per heavy atom. The Morgan fingerprint density at radius 1 is 0.938 bits per heavy atom. The fourth-order valence-corrected chi connectivity index (χ4v) is 4.03. The van der Waals surface area contributed by atoms with E-state index < -0.39 is 17.8 Å². The second-order valence-corrected chi connectivity index (χ2v) is 7.65. The lowest BCUT2D eigenvalue weighted by molar-refractivity contribution is -0.115. The lowest BCUT2D eigenvalue weighted by Gasteiger charge is -2.36. The molecule has 5 heteroatoms. The van der Waals surface area contributed by atoms with Gasteiger partial charge >= 0.3 is 6.09 Å². The molecule has 0 saturated carbocycles. The first-order chi connectivity index (χ1) is 15.6. The van der Waals surface area contributed by atoms with Crippen molar-refractivity contribution in [2.75, 3.05) is 19.7 Å². The number of amides is 1. The molecule has 162 valence electrons. The highest BCUT2D eigenvalue weighted by Gasteiger charge is 2.40. The number of nitrogens with zero attached hydrogens (tertiary/aromatic N) is 1. The van der Waals surface area contributed by atoms with Crippen molar-refractivity contribution < 1.29 is 19.1 Å². The summed E-state index contributed by atoms with van der Waals surface area (Å²) in [6.07, 6.45) is 0.205. The van der Waals surface area contributed by atoms with E-state index in [0.29, 0.717) is 0 Å². The van der Waals surface area contributed by atoms with E-state index in [2.05, 4.69) is 6.58 Å². The molecule has 0 aliphatic carbocycles. The summed E-state index contributed by atoms with van der Waals surface area (Å²) >= 11 is 0. The first-order valence-corrected chi connectivity index (χ1v) is 10.5. The zero-order valence-electron chi connectivity index (χ0n) is 17.7. The number of hydrogen-bond acceptors (Lipinski definition) is 4. The van der Waals surface area contributed by atoms with Gasteiger partial charge in [-0.3, -0.25) is 9.69 Å². The minimum Gasteiger partial charge on any atom is -0.442 e. The summed E-state index contributed by atoms with van der Waals surface area (Å²) in [5.74, 6) is -0.226. The van der Waals surface area contributed by atoms with Crippen molar-refractivity contribution in [3.63, 3.8) is 0 Å². The molecule has 4 rings (SSSR count). The average Bonchev–Trinajstić information content (AvgIpc) is 3.20. The molecule has 3 aromatic carbocycles. The van der Waals surface area contributed by atoms with Crippen molar-refractivity contribution in [3.8, 4) is 0 Å². The Balaban J connectivity index is 1.69. The normalized spacial score (nSPS) is 15.9. The fourth-order valence-electron chi connectivity index (χ4n) is 4.03. The predicted octanol–water partition coefficient (Wildman–Crippen LogP) is 4.57. The molecule has 1 aliphatic rings. The van der Waals surface area contributed by atoms with Gasteiger partial charge < -0.3 is 9.47 Å². The molecular weight excluding hydrogens is 402 g/mol. The molecule has 32 heavy (non-hydrogen) atoms. The van der Waals surface area contributed by atoms with Crippen molar-refractivity contribution in [2.24, 2.45) is 0 Å². The largest absolute Gasteiger partial charge is 0.442 e. The summed E-state index contributed by atoms with van der Waals surface area (Å²) in [5, 5.41) is 0. The van der Waals surface area contributed by atoms with Crippen LogP contribution >= 0.6 is 0 Å². The Morgan fingerprint density at radius 3 is 1.84 bits per heavy atom. The van der Waals surface area contributed by atoms with Crippen LogP contribution in [0.15, 0.2) is 104 Å².